The normalized spacial score (nSPS) is 17.4. The van der Waals surface area contributed by atoms with Gasteiger partial charge in [0.1, 0.15) is 6.29 Å². The topological polar surface area (TPSA) is 49.3 Å². The number of rotatable bonds is 3. The van der Waals surface area contributed by atoms with Gasteiger partial charge in [-0.25, -0.2) is 9.97 Å². The molecule has 0 amide bonds. The third-order valence-electron chi connectivity index (χ3n) is 2.78. The predicted octanol–water partition coefficient (Wildman–Crippen LogP) is -0.0302. The van der Waals surface area contributed by atoms with Crippen LogP contribution in [0.4, 0.5) is 5.95 Å². The molecular formula is C11H16N4O. The summed E-state index contributed by atoms with van der Waals surface area (Å²) in [5.41, 5.74) is 0.791. The first-order valence-corrected chi connectivity index (χ1v) is 5.48. The van der Waals surface area contributed by atoms with E-state index in [0.29, 0.717) is 6.42 Å². The lowest BCUT2D eigenvalue weighted by molar-refractivity contribution is -0.107. The summed E-state index contributed by atoms with van der Waals surface area (Å²) in [6.45, 7) is 3.95. The Kier molecular flexibility index (Phi) is 3.46. The van der Waals surface area contributed by atoms with Crippen LogP contribution in [-0.2, 0) is 11.2 Å². The number of aromatic nitrogens is 2. The van der Waals surface area contributed by atoms with Gasteiger partial charge in [-0.1, -0.05) is 0 Å². The van der Waals surface area contributed by atoms with Crippen LogP contribution in [0.15, 0.2) is 12.3 Å². The quantitative estimate of drug-likeness (QED) is 0.669. The highest BCUT2D eigenvalue weighted by molar-refractivity contribution is 5.53. The Morgan fingerprint density at radius 3 is 2.81 bits per heavy atom. The minimum Gasteiger partial charge on any atom is -0.338 e. The zero-order valence-electron chi connectivity index (χ0n) is 9.46. The molecule has 2 rings (SSSR count). The number of likely N-dealkylation sites (N-methyl/N-ethyl adjacent to an activating group) is 1. The predicted molar refractivity (Wildman–Crippen MR) is 61.5 cm³/mol. The van der Waals surface area contributed by atoms with E-state index in [4.69, 9.17) is 0 Å². The second-order valence-electron chi connectivity index (χ2n) is 4.01. The molecule has 0 spiro atoms. The van der Waals surface area contributed by atoms with Crippen molar-refractivity contribution in [3.63, 3.8) is 0 Å². The first-order valence-electron chi connectivity index (χ1n) is 5.48. The van der Waals surface area contributed by atoms with Crippen LogP contribution in [0, 0.1) is 0 Å². The van der Waals surface area contributed by atoms with Gasteiger partial charge in [-0.05, 0) is 13.1 Å². The minimum atomic E-state index is 0.364. The fraction of sp³-hybridized carbons (Fsp3) is 0.545. The molecule has 0 aromatic carbocycles. The first kappa shape index (κ1) is 11.0. The molecule has 86 valence electrons. The highest BCUT2D eigenvalue weighted by Gasteiger charge is 2.16. The minimum absolute atomic E-state index is 0.364. The Morgan fingerprint density at radius 1 is 1.38 bits per heavy atom. The van der Waals surface area contributed by atoms with Crippen LogP contribution in [-0.4, -0.2) is 54.4 Å². The van der Waals surface area contributed by atoms with E-state index < -0.39 is 0 Å². The van der Waals surface area contributed by atoms with Crippen LogP contribution >= 0.6 is 0 Å². The zero-order chi connectivity index (χ0) is 11.4. The van der Waals surface area contributed by atoms with Gasteiger partial charge in [-0.3, -0.25) is 0 Å². The molecule has 0 radical (unpaired) electrons. The van der Waals surface area contributed by atoms with Crippen LogP contribution in [0.2, 0.25) is 0 Å². The van der Waals surface area contributed by atoms with Crippen LogP contribution in [0.5, 0.6) is 0 Å². The van der Waals surface area contributed by atoms with Crippen LogP contribution in [0.25, 0.3) is 0 Å². The molecule has 1 aliphatic rings. The van der Waals surface area contributed by atoms with E-state index in [1.165, 1.54) is 0 Å². The molecular weight excluding hydrogens is 204 g/mol. The van der Waals surface area contributed by atoms with Gasteiger partial charge in [0.05, 0.1) is 5.69 Å². The van der Waals surface area contributed by atoms with Gasteiger partial charge in [-0.2, -0.15) is 0 Å². The van der Waals surface area contributed by atoms with E-state index in [0.717, 1.165) is 44.1 Å². The molecule has 5 nitrogen and oxygen atoms in total. The lowest BCUT2D eigenvalue weighted by Crippen LogP contribution is -2.45. The summed E-state index contributed by atoms with van der Waals surface area (Å²) in [6.07, 6.45) is 2.96. The van der Waals surface area contributed by atoms with E-state index in [2.05, 4.69) is 26.8 Å². The van der Waals surface area contributed by atoms with E-state index in [1.807, 2.05) is 0 Å². The smallest absolute Gasteiger partial charge is 0.225 e. The molecule has 0 aliphatic carbocycles. The van der Waals surface area contributed by atoms with Gasteiger partial charge in [0.2, 0.25) is 5.95 Å². The lowest BCUT2D eigenvalue weighted by Gasteiger charge is -2.32. The molecule has 0 saturated carbocycles. The summed E-state index contributed by atoms with van der Waals surface area (Å²) < 4.78 is 0. The third-order valence-corrected chi connectivity index (χ3v) is 2.78. The highest BCUT2D eigenvalue weighted by Crippen LogP contribution is 2.10. The molecule has 0 unspecified atom stereocenters. The fourth-order valence-electron chi connectivity index (χ4n) is 1.74. The number of piperazine rings is 1. The molecule has 0 atom stereocenters. The van der Waals surface area contributed by atoms with Crippen molar-refractivity contribution >= 4 is 12.2 Å². The van der Waals surface area contributed by atoms with Crippen molar-refractivity contribution in [2.75, 3.05) is 38.1 Å². The first-order chi connectivity index (χ1) is 7.79. The maximum absolute atomic E-state index is 10.4. The van der Waals surface area contributed by atoms with Crippen molar-refractivity contribution < 1.29 is 4.79 Å². The van der Waals surface area contributed by atoms with Crippen molar-refractivity contribution in [1.82, 2.24) is 14.9 Å². The monoisotopic (exact) mass is 220 g/mol. The second kappa shape index (κ2) is 5.03. The average molecular weight is 220 g/mol. The molecule has 2 heterocycles. The summed E-state index contributed by atoms with van der Waals surface area (Å²) in [5, 5.41) is 0. The summed E-state index contributed by atoms with van der Waals surface area (Å²) in [5.74, 6) is 0.743. The van der Waals surface area contributed by atoms with Crippen molar-refractivity contribution in [3.8, 4) is 0 Å². The number of hydrogen-bond acceptors (Lipinski definition) is 5. The molecule has 1 aromatic heterocycles. The van der Waals surface area contributed by atoms with Crippen LogP contribution < -0.4 is 4.90 Å². The zero-order valence-corrected chi connectivity index (χ0v) is 9.46. The van der Waals surface area contributed by atoms with Gasteiger partial charge in [0, 0.05) is 38.8 Å². The lowest BCUT2D eigenvalue weighted by atomic mass is 10.3. The van der Waals surface area contributed by atoms with Crippen LogP contribution in [0.1, 0.15) is 5.69 Å². The Bertz CT molecular complexity index is 361. The largest absolute Gasteiger partial charge is 0.338 e. The molecule has 1 fully saturated rings. The van der Waals surface area contributed by atoms with E-state index in [9.17, 15) is 4.79 Å². The van der Waals surface area contributed by atoms with Gasteiger partial charge < -0.3 is 14.6 Å². The molecule has 16 heavy (non-hydrogen) atoms. The number of carbonyl (C=O) groups excluding carboxylic acids is 1. The molecule has 1 aromatic rings. The van der Waals surface area contributed by atoms with E-state index >= 15 is 0 Å². The number of carbonyl (C=O) groups is 1. The van der Waals surface area contributed by atoms with Gasteiger partial charge in [0.25, 0.3) is 0 Å². The van der Waals surface area contributed by atoms with Crippen molar-refractivity contribution in [2.24, 2.45) is 0 Å². The molecule has 1 aliphatic heterocycles. The third kappa shape index (κ3) is 2.55. The average Bonchev–Trinajstić information content (AvgIpc) is 2.31. The molecule has 0 N–H and O–H groups in total. The summed E-state index contributed by atoms with van der Waals surface area (Å²) in [6, 6.07) is 1.79. The van der Waals surface area contributed by atoms with Crippen molar-refractivity contribution in [2.45, 2.75) is 6.42 Å². The van der Waals surface area contributed by atoms with Gasteiger partial charge >= 0.3 is 0 Å². The molecule has 5 heteroatoms. The van der Waals surface area contributed by atoms with Crippen molar-refractivity contribution in [3.05, 3.63) is 18.0 Å². The summed E-state index contributed by atoms with van der Waals surface area (Å²) in [7, 11) is 2.11. The van der Waals surface area contributed by atoms with Crippen LogP contribution in [0.3, 0.4) is 0 Å². The number of anilines is 1. The summed E-state index contributed by atoms with van der Waals surface area (Å²) in [4.78, 5) is 23.5. The second-order valence-corrected chi connectivity index (χ2v) is 4.01. The van der Waals surface area contributed by atoms with Crippen molar-refractivity contribution in [1.29, 1.82) is 0 Å². The maximum Gasteiger partial charge on any atom is 0.225 e. The molecule has 1 saturated heterocycles. The highest BCUT2D eigenvalue weighted by atomic mass is 16.1. The number of hydrogen-bond donors (Lipinski definition) is 0. The Balaban J connectivity index is 2.08. The fourth-order valence-corrected chi connectivity index (χ4v) is 1.74. The summed E-state index contributed by atoms with van der Waals surface area (Å²) >= 11 is 0. The Morgan fingerprint density at radius 2 is 2.12 bits per heavy atom. The van der Waals surface area contributed by atoms with E-state index in [-0.39, 0.29) is 0 Å². The van der Waals surface area contributed by atoms with Gasteiger partial charge in [0.15, 0.2) is 0 Å². The molecule has 0 bridgehead atoms. The van der Waals surface area contributed by atoms with Gasteiger partial charge in [-0.15, -0.1) is 0 Å². The number of aldehydes is 1. The number of nitrogens with zero attached hydrogens (tertiary/aromatic N) is 4. The standard InChI is InChI=1S/C11H16N4O/c1-14-5-7-15(8-6-14)11-12-4-2-10(13-11)3-9-16/h2,4,9H,3,5-8H2,1H3. The van der Waals surface area contributed by atoms with E-state index in [1.54, 1.807) is 12.3 Å². The Labute approximate surface area is 95.1 Å². The maximum atomic E-state index is 10.4. The Hall–Kier alpha value is -1.49. The SMILES string of the molecule is CN1CCN(c2nccc(CC=O)n2)CC1.